The maximum Gasteiger partial charge on any atom is 0.124 e. The van der Waals surface area contributed by atoms with Gasteiger partial charge in [-0.1, -0.05) is 60.7 Å². The molecule has 0 aromatic heterocycles. The van der Waals surface area contributed by atoms with Gasteiger partial charge in [0.25, 0.3) is 0 Å². The number of hydrogen-bond donors (Lipinski definition) is 0. The summed E-state index contributed by atoms with van der Waals surface area (Å²) >= 11 is 0. The van der Waals surface area contributed by atoms with Crippen LogP contribution in [0.5, 0.6) is 5.75 Å². The summed E-state index contributed by atoms with van der Waals surface area (Å²) in [5.41, 5.74) is 2.56. The van der Waals surface area contributed by atoms with Crippen LogP contribution < -0.4 is 4.74 Å². The Kier molecular flexibility index (Phi) is 2.37. The SMILES string of the molecule is CC1(c2ccccc2)COc2ccc3ccccc3c21. The minimum absolute atomic E-state index is 0.0720. The highest BCUT2D eigenvalue weighted by molar-refractivity contribution is 5.90. The second-order valence-electron chi connectivity index (χ2n) is 5.65. The first kappa shape index (κ1) is 11.5. The highest BCUT2D eigenvalue weighted by atomic mass is 16.5. The zero-order chi connectivity index (χ0) is 13.6. The van der Waals surface area contributed by atoms with Crippen molar-refractivity contribution in [3.63, 3.8) is 0 Å². The minimum Gasteiger partial charge on any atom is -0.492 e. The molecule has 0 fully saturated rings. The average molecular weight is 260 g/mol. The molecule has 0 saturated carbocycles. The Bertz CT molecular complexity index is 776. The van der Waals surface area contributed by atoms with Gasteiger partial charge in [0.2, 0.25) is 0 Å². The predicted octanol–water partition coefficient (Wildman–Crippen LogP) is 4.54. The number of rotatable bonds is 1. The largest absolute Gasteiger partial charge is 0.492 e. The fourth-order valence-electron chi connectivity index (χ4n) is 3.27. The van der Waals surface area contributed by atoms with Crippen molar-refractivity contribution in [2.24, 2.45) is 0 Å². The van der Waals surface area contributed by atoms with Crippen LogP contribution in [0.3, 0.4) is 0 Å². The van der Waals surface area contributed by atoms with E-state index >= 15 is 0 Å². The Morgan fingerprint density at radius 1 is 0.850 bits per heavy atom. The fourth-order valence-corrected chi connectivity index (χ4v) is 3.27. The van der Waals surface area contributed by atoms with E-state index in [2.05, 4.69) is 73.7 Å². The molecule has 1 aliphatic rings. The van der Waals surface area contributed by atoms with Crippen molar-refractivity contribution in [3.8, 4) is 5.75 Å². The maximum absolute atomic E-state index is 5.98. The summed E-state index contributed by atoms with van der Waals surface area (Å²) in [4.78, 5) is 0. The predicted molar refractivity (Wildman–Crippen MR) is 82.3 cm³/mol. The van der Waals surface area contributed by atoms with Crippen LogP contribution in [0.4, 0.5) is 0 Å². The quantitative estimate of drug-likeness (QED) is 0.624. The van der Waals surface area contributed by atoms with E-state index in [0.29, 0.717) is 6.61 Å². The Morgan fingerprint density at radius 2 is 1.60 bits per heavy atom. The summed E-state index contributed by atoms with van der Waals surface area (Å²) in [6.07, 6.45) is 0. The Hall–Kier alpha value is -2.28. The molecule has 20 heavy (non-hydrogen) atoms. The van der Waals surface area contributed by atoms with Crippen LogP contribution in [-0.4, -0.2) is 6.61 Å². The Labute approximate surface area is 118 Å². The molecule has 0 saturated heterocycles. The monoisotopic (exact) mass is 260 g/mol. The molecule has 1 unspecified atom stereocenters. The van der Waals surface area contributed by atoms with E-state index in [0.717, 1.165) is 5.75 Å². The smallest absolute Gasteiger partial charge is 0.124 e. The van der Waals surface area contributed by atoms with Crippen molar-refractivity contribution in [2.45, 2.75) is 12.3 Å². The third-order valence-corrected chi connectivity index (χ3v) is 4.37. The van der Waals surface area contributed by atoms with Crippen LogP contribution in [-0.2, 0) is 5.41 Å². The van der Waals surface area contributed by atoms with Gasteiger partial charge in [0.1, 0.15) is 12.4 Å². The molecule has 1 atom stereocenters. The number of benzene rings is 3. The number of ether oxygens (including phenoxy) is 1. The van der Waals surface area contributed by atoms with Crippen LogP contribution >= 0.6 is 0 Å². The maximum atomic E-state index is 5.98. The van der Waals surface area contributed by atoms with Crippen molar-refractivity contribution in [2.75, 3.05) is 6.61 Å². The summed E-state index contributed by atoms with van der Waals surface area (Å²) < 4.78 is 5.98. The molecular formula is C19H16O. The third kappa shape index (κ3) is 1.50. The minimum atomic E-state index is -0.0720. The lowest BCUT2D eigenvalue weighted by atomic mass is 9.76. The van der Waals surface area contributed by atoms with Gasteiger partial charge < -0.3 is 4.74 Å². The van der Waals surface area contributed by atoms with E-state index in [9.17, 15) is 0 Å². The molecule has 0 amide bonds. The molecule has 3 aromatic carbocycles. The van der Waals surface area contributed by atoms with Gasteiger partial charge in [0, 0.05) is 5.56 Å². The van der Waals surface area contributed by atoms with Gasteiger partial charge in [0.15, 0.2) is 0 Å². The molecule has 0 aliphatic carbocycles. The zero-order valence-corrected chi connectivity index (χ0v) is 11.5. The van der Waals surface area contributed by atoms with Gasteiger partial charge in [-0.05, 0) is 29.3 Å². The number of hydrogen-bond acceptors (Lipinski definition) is 1. The third-order valence-electron chi connectivity index (χ3n) is 4.37. The van der Waals surface area contributed by atoms with Gasteiger partial charge in [-0.25, -0.2) is 0 Å². The first-order valence-electron chi connectivity index (χ1n) is 7.00. The van der Waals surface area contributed by atoms with Crippen LogP contribution in [0.25, 0.3) is 10.8 Å². The molecule has 98 valence electrons. The van der Waals surface area contributed by atoms with Crippen LogP contribution in [0.1, 0.15) is 18.1 Å². The van der Waals surface area contributed by atoms with E-state index in [1.807, 2.05) is 0 Å². The molecule has 4 rings (SSSR count). The first-order valence-corrected chi connectivity index (χ1v) is 7.00. The van der Waals surface area contributed by atoms with E-state index in [1.165, 1.54) is 21.9 Å². The standard InChI is InChI=1S/C19H16O/c1-19(15-8-3-2-4-9-15)13-20-17-12-11-14-7-5-6-10-16(14)18(17)19/h2-12H,13H2,1H3. The lowest BCUT2D eigenvalue weighted by Crippen LogP contribution is -2.25. The summed E-state index contributed by atoms with van der Waals surface area (Å²) in [7, 11) is 0. The molecular weight excluding hydrogens is 244 g/mol. The Morgan fingerprint density at radius 3 is 2.45 bits per heavy atom. The van der Waals surface area contributed by atoms with Crippen LogP contribution in [0, 0.1) is 0 Å². The van der Waals surface area contributed by atoms with Crippen molar-refractivity contribution in [1.29, 1.82) is 0 Å². The van der Waals surface area contributed by atoms with Gasteiger partial charge in [0.05, 0.1) is 5.41 Å². The molecule has 0 spiro atoms. The van der Waals surface area contributed by atoms with E-state index in [4.69, 9.17) is 4.74 Å². The van der Waals surface area contributed by atoms with Gasteiger partial charge >= 0.3 is 0 Å². The molecule has 0 radical (unpaired) electrons. The summed E-state index contributed by atoms with van der Waals surface area (Å²) in [6.45, 7) is 2.99. The molecule has 0 bridgehead atoms. The van der Waals surface area contributed by atoms with Crippen LogP contribution in [0.2, 0.25) is 0 Å². The van der Waals surface area contributed by atoms with Gasteiger partial charge in [-0.3, -0.25) is 0 Å². The van der Waals surface area contributed by atoms with E-state index < -0.39 is 0 Å². The summed E-state index contributed by atoms with van der Waals surface area (Å²) in [5.74, 6) is 1.02. The second kappa shape index (κ2) is 4.11. The van der Waals surface area contributed by atoms with Gasteiger partial charge in [-0.15, -0.1) is 0 Å². The molecule has 0 N–H and O–H groups in total. The van der Waals surface area contributed by atoms with Crippen LogP contribution in [0.15, 0.2) is 66.7 Å². The highest BCUT2D eigenvalue weighted by Crippen LogP contribution is 2.46. The number of fused-ring (bicyclic) bond motifs is 3. The van der Waals surface area contributed by atoms with Crippen molar-refractivity contribution in [1.82, 2.24) is 0 Å². The average Bonchev–Trinajstić information content (AvgIpc) is 2.87. The van der Waals surface area contributed by atoms with Crippen molar-refractivity contribution < 1.29 is 4.74 Å². The molecule has 1 heteroatoms. The van der Waals surface area contributed by atoms with Crippen molar-refractivity contribution in [3.05, 3.63) is 77.9 Å². The molecule has 1 heterocycles. The molecule has 3 aromatic rings. The lowest BCUT2D eigenvalue weighted by molar-refractivity contribution is 0.303. The van der Waals surface area contributed by atoms with Gasteiger partial charge in [-0.2, -0.15) is 0 Å². The summed E-state index contributed by atoms with van der Waals surface area (Å²) in [5, 5.41) is 2.58. The summed E-state index contributed by atoms with van der Waals surface area (Å²) in [6, 6.07) is 23.5. The van der Waals surface area contributed by atoms with E-state index in [1.54, 1.807) is 0 Å². The fraction of sp³-hybridized carbons (Fsp3) is 0.158. The topological polar surface area (TPSA) is 9.23 Å². The lowest BCUT2D eigenvalue weighted by Gasteiger charge is -2.24. The highest BCUT2D eigenvalue weighted by Gasteiger charge is 2.39. The zero-order valence-electron chi connectivity index (χ0n) is 11.5. The second-order valence-corrected chi connectivity index (χ2v) is 5.65. The Balaban J connectivity index is 2.04. The van der Waals surface area contributed by atoms with E-state index in [-0.39, 0.29) is 5.41 Å². The molecule has 1 aliphatic heterocycles. The first-order chi connectivity index (χ1) is 9.79. The van der Waals surface area contributed by atoms with Crippen molar-refractivity contribution >= 4 is 10.8 Å². The molecule has 1 nitrogen and oxygen atoms in total. The normalized spacial score (nSPS) is 20.6.